The molecule has 4 atom stereocenters. The number of aryl methyl sites for hydroxylation is 2. The van der Waals surface area contributed by atoms with Gasteiger partial charge in [-0.15, -0.1) is 0 Å². The maximum absolute atomic E-state index is 12.9. The summed E-state index contributed by atoms with van der Waals surface area (Å²) in [6, 6.07) is 2.30. The Hall–Kier alpha value is -1.29. The largest absolute Gasteiger partial charge is 0.466 e. The Balaban J connectivity index is 1.65. The lowest BCUT2D eigenvalue weighted by Crippen LogP contribution is -2.50. The number of hydrogen-bond donors (Lipinski definition) is 0. The first kappa shape index (κ1) is 12.5. The molecule has 20 heavy (non-hydrogen) atoms. The third-order valence-corrected chi connectivity index (χ3v) is 5.20. The summed E-state index contributed by atoms with van der Waals surface area (Å²) in [5.41, 5.74) is 0.763. The van der Waals surface area contributed by atoms with Crippen LogP contribution in [0.25, 0.3) is 0 Å². The fourth-order valence-corrected chi connectivity index (χ4v) is 4.53. The molecule has 0 aromatic carbocycles. The second-order valence-electron chi connectivity index (χ2n) is 6.86. The zero-order chi connectivity index (χ0) is 13.9. The zero-order valence-corrected chi connectivity index (χ0v) is 12.3. The third kappa shape index (κ3) is 1.89. The predicted octanol–water partition coefficient (Wildman–Crippen LogP) is 2.06. The van der Waals surface area contributed by atoms with Crippen molar-refractivity contribution < 1.29 is 9.21 Å². The molecule has 5 heterocycles. The second kappa shape index (κ2) is 4.35. The number of fused-ring (bicyclic) bond motifs is 1. The van der Waals surface area contributed by atoms with Gasteiger partial charge in [-0.2, -0.15) is 0 Å². The van der Waals surface area contributed by atoms with Crippen molar-refractivity contribution in [1.29, 1.82) is 0 Å². The predicted molar refractivity (Wildman–Crippen MR) is 75.7 cm³/mol. The zero-order valence-electron chi connectivity index (χ0n) is 12.3. The molecule has 0 N–H and O–H groups in total. The van der Waals surface area contributed by atoms with Crippen LogP contribution in [-0.4, -0.2) is 47.9 Å². The quantitative estimate of drug-likeness (QED) is 0.786. The van der Waals surface area contributed by atoms with Crippen LogP contribution in [-0.2, 0) is 0 Å². The number of piperidine rings is 2. The molecule has 1 aromatic heterocycles. The minimum Gasteiger partial charge on any atom is -0.466 e. The van der Waals surface area contributed by atoms with Gasteiger partial charge >= 0.3 is 0 Å². The summed E-state index contributed by atoms with van der Waals surface area (Å²) in [6.45, 7) is 8.23. The Morgan fingerprint density at radius 1 is 1.15 bits per heavy atom. The van der Waals surface area contributed by atoms with Gasteiger partial charge in [-0.05, 0) is 44.6 Å². The normalized spacial score (nSPS) is 35.4. The number of carbonyl (C=O) groups is 1. The third-order valence-electron chi connectivity index (χ3n) is 5.20. The molecule has 4 unspecified atom stereocenters. The number of amides is 1. The van der Waals surface area contributed by atoms with Crippen LogP contribution < -0.4 is 0 Å². The summed E-state index contributed by atoms with van der Waals surface area (Å²) >= 11 is 0. The summed E-state index contributed by atoms with van der Waals surface area (Å²) in [5, 5.41) is 0. The van der Waals surface area contributed by atoms with E-state index in [0.717, 1.165) is 36.1 Å². The molecule has 0 aliphatic carbocycles. The topological polar surface area (TPSA) is 36.7 Å². The van der Waals surface area contributed by atoms with Crippen molar-refractivity contribution in [3.8, 4) is 0 Å². The van der Waals surface area contributed by atoms with Gasteiger partial charge in [0, 0.05) is 32.2 Å². The lowest BCUT2D eigenvalue weighted by molar-refractivity contribution is 0.0572. The average molecular weight is 274 g/mol. The molecule has 5 rings (SSSR count). The molecule has 4 fully saturated rings. The second-order valence-corrected chi connectivity index (χ2v) is 6.86. The first-order chi connectivity index (χ1) is 9.60. The van der Waals surface area contributed by atoms with E-state index in [-0.39, 0.29) is 5.91 Å². The summed E-state index contributed by atoms with van der Waals surface area (Å²) in [5.74, 6) is 3.24. The monoisotopic (exact) mass is 274 g/mol. The molecule has 1 amide bonds. The summed E-state index contributed by atoms with van der Waals surface area (Å²) < 4.78 is 5.54. The van der Waals surface area contributed by atoms with Crippen LogP contribution in [0, 0.1) is 25.7 Å². The minimum atomic E-state index is 0.179. The van der Waals surface area contributed by atoms with E-state index in [2.05, 4.69) is 9.80 Å². The Labute approximate surface area is 119 Å². The maximum Gasteiger partial charge on any atom is 0.257 e. The number of hydrogen-bond acceptors (Lipinski definition) is 3. The van der Waals surface area contributed by atoms with Gasteiger partial charge < -0.3 is 14.2 Å². The molecule has 1 aromatic rings. The molecular weight excluding hydrogens is 252 g/mol. The number of carbonyl (C=O) groups excluding carboxylic acids is 1. The molecule has 4 heteroatoms. The van der Waals surface area contributed by atoms with Crippen LogP contribution in [0.4, 0.5) is 0 Å². The van der Waals surface area contributed by atoms with Crippen molar-refractivity contribution in [2.24, 2.45) is 11.8 Å². The van der Waals surface area contributed by atoms with E-state index in [0.29, 0.717) is 12.0 Å². The van der Waals surface area contributed by atoms with Crippen LogP contribution in [0.5, 0.6) is 0 Å². The average Bonchev–Trinajstić information content (AvgIpc) is 2.60. The molecule has 0 saturated carbocycles. The highest BCUT2D eigenvalue weighted by Gasteiger charge is 2.43. The van der Waals surface area contributed by atoms with E-state index in [1.165, 1.54) is 25.9 Å². The van der Waals surface area contributed by atoms with Crippen LogP contribution in [0.1, 0.15) is 34.7 Å². The van der Waals surface area contributed by atoms with Crippen LogP contribution in [0.3, 0.4) is 0 Å². The SMILES string of the molecule is Cc1cc(C(=O)N2CC3CC4CC2CN(C4)C3)c(C)o1. The number of furan rings is 1. The number of nitrogens with zero attached hydrogens (tertiary/aromatic N) is 2. The van der Waals surface area contributed by atoms with Gasteiger partial charge in [-0.25, -0.2) is 0 Å². The van der Waals surface area contributed by atoms with Crippen molar-refractivity contribution >= 4 is 5.91 Å². The molecule has 4 aliphatic heterocycles. The highest BCUT2D eigenvalue weighted by molar-refractivity contribution is 5.95. The first-order valence-corrected chi connectivity index (χ1v) is 7.70. The minimum absolute atomic E-state index is 0.179. The molecule has 4 aliphatic rings. The fourth-order valence-electron chi connectivity index (χ4n) is 4.53. The Kier molecular flexibility index (Phi) is 2.71. The first-order valence-electron chi connectivity index (χ1n) is 7.70. The van der Waals surface area contributed by atoms with E-state index in [9.17, 15) is 4.79 Å². The highest BCUT2D eigenvalue weighted by atomic mass is 16.3. The van der Waals surface area contributed by atoms with E-state index in [1.54, 1.807) is 0 Å². The molecule has 4 nitrogen and oxygen atoms in total. The van der Waals surface area contributed by atoms with Crippen LogP contribution in [0.2, 0.25) is 0 Å². The van der Waals surface area contributed by atoms with Gasteiger partial charge in [0.15, 0.2) is 0 Å². The standard InChI is InChI=1S/C16H22N2O2/c1-10-3-15(11(2)20-10)16(19)18-8-13-4-12-5-14(18)9-17(6-12)7-13/h3,12-14H,4-9H2,1-2H3. The van der Waals surface area contributed by atoms with Crippen molar-refractivity contribution in [2.75, 3.05) is 26.2 Å². The smallest absolute Gasteiger partial charge is 0.257 e. The van der Waals surface area contributed by atoms with E-state index in [4.69, 9.17) is 4.42 Å². The van der Waals surface area contributed by atoms with Crippen molar-refractivity contribution in [3.05, 3.63) is 23.2 Å². The van der Waals surface area contributed by atoms with Gasteiger partial charge in [0.2, 0.25) is 0 Å². The van der Waals surface area contributed by atoms with Gasteiger partial charge in [0.25, 0.3) is 5.91 Å². The van der Waals surface area contributed by atoms with E-state index < -0.39 is 0 Å². The summed E-state index contributed by atoms with van der Waals surface area (Å²) in [4.78, 5) is 17.6. The highest BCUT2D eigenvalue weighted by Crippen LogP contribution is 2.37. The van der Waals surface area contributed by atoms with Gasteiger partial charge in [0.1, 0.15) is 11.5 Å². The van der Waals surface area contributed by atoms with Crippen molar-refractivity contribution in [3.63, 3.8) is 0 Å². The molecule has 4 saturated heterocycles. The summed E-state index contributed by atoms with van der Waals surface area (Å²) in [6.07, 6.45) is 2.49. The fraction of sp³-hybridized carbons (Fsp3) is 0.688. The Morgan fingerprint density at radius 3 is 2.65 bits per heavy atom. The lowest BCUT2D eigenvalue weighted by atomic mass is 9.84. The van der Waals surface area contributed by atoms with Crippen LogP contribution >= 0.6 is 0 Å². The van der Waals surface area contributed by atoms with E-state index in [1.807, 2.05) is 19.9 Å². The number of rotatable bonds is 1. The molecule has 4 bridgehead atoms. The Morgan fingerprint density at radius 2 is 1.95 bits per heavy atom. The van der Waals surface area contributed by atoms with Gasteiger partial charge in [-0.1, -0.05) is 0 Å². The molecule has 0 spiro atoms. The van der Waals surface area contributed by atoms with Crippen LogP contribution in [0.15, 0.2) is 10.5 Å². The Bertz CT molecular complexity index is 537. The van der Waals surface area contributed by atoms with Gasteiger partial charge in [-0.3, -0.25) is 4.79 Å². The summed E-state index contributed by atoms with van der Waals surface area (Å²) in [7, 11) is 0. The van der Waals surface area contributed by atoms with Crippen molar-refractivity contribution in [2.45, 2.75) is 32.7 Å². The molecular formula is C16H22N2O2. The molecule has 108 valence electrons. The lowest BCUT2D eigenvalue weighted by Gasteiger charge is -2.41. The van der Waals surface area contributed by atoms with Crippen molar-refractivity contribution in [1.82, 2.24) is 9.80 Å². The molecule has 0 radical (unpaired) electrons. The van der Waals surface area contributed by atoms with E-state index >= 15 is 0 Å². The van der Waals surface area contributed by atoms with Gasteiger partial charge in [0.05, 0.1) is 5.56 Å². The maximum atomic E-state index is 12.9.